The highest BCUT2D eigenvalue weighted by atomic mass is 16.2. The Balaban J connectivity index is 1.05. The maximum absolute atomic E-state index is 12.3. The first-order valence-electron chi connectivity index (χ1n) is 11.3. The van der Waals surface area contributed by atoms with Crippen LogP contribution in [0.2, 0.25) is 0 Å². The Morgan fingerprint density at radius 1 is 0.667 bits per heavy atom. The summed E-state index contributed by atoms with van der Waals surface area (Å²) < 4.78 is 0. The molecule has 0 aliphatic carbocycles. The SMILES string of the molecule is O=C(CN1Cc2ccccc2C1=O)NCCCCCNC(=O)CN1Cc2ccccc2C1=O. The van der Waals surface area contributed by atoms with Crippen molar-refractivity contribution < 1.29 is 19.2 Å². The summed E-state index contributed by atoms with van der Waals surface area (Å²) in [6.45, 7) is 2.12. The predicted molar refractivity (Wildman–Crippen MR) is 122 cm³/mol. The van der Waals surface area contributed by atoms with Crippen LogP contribution in [0.25, 0.3) is 0 Å². The Bertz CT molecular complexity index is 984. The molecule has 0 fully saturated rings. The second-order valence-corrected chi connectivity index (χ2v) is 8.40. The molecule has 4 amide bonds. The number of hydrogen-bond acceptors (Lipinski definition) is 4. The van der Waals surface area contributed by atoms with E-state index in [9.17, 15) is 19.2 Å². The van der Waals surface area contributed by atoms with Gasteiger partial charge < -0.3 is 20.4 Å². The molecule has 0 atom stereocenters. The van der Waals surface area contributed by atoms with Gasteiger partial charge in [0.2, 0.25) is 11.8 Å². The van der Waals surface area contributed by atoms with E-state index in [0.717, 1.165) is 30.4 Å². The molecule has 2 N–H and O–H groups in total. The zero-order valence-electron chi connectivity index (χ0n) is 18.5. The maximum atomic E-state index is 12.3. The number of fused-ring (bicyclic) bond motifs is 2. The highest BCUT2D eigenvalue weighted by Crippen LogP contribution is 2.22. The first-order chi connectivity index (χ1) is 16.0. The number of unbranched alkanes of at least 4 members (excludes halogenated alkanes) is 2. The summed E-state index contributed by atoms with van der Waals surface area (Å²) in [5, 5.41) is 5.71. The fourth-order valence-electron chi connectivity index (χ4n) is 4.23. The Morgan fingerprint density at radius 2 is 1.09 bits per heavy atom. The van der Waals surface area contributed by atoms with Crippen LogP contribution in [0.3, 0.4) is 0 Å². The summed E-state index contributed by atoms with van der Waals surface area (Å²) in [5.74, 6) is -0.534. The third kappa shape index (κ3) is 5.39. The molecule has 0 aromatic heterocycles. The van der Waals surface area contributed by atoms with E-state index in [2.05, 4.69) is 10.6 Å². The van der Waals surface area contributed by atoms with Crippen LogP contribution in [-0.2, 0) is 22.7 Å². The van der Waals surface area contributed by atoms with E-state index in [4.69, 9.17) is 0 Å². The number of nitrogens with zero attached hydrogens (tertiary/aromatic N) is 2. The molecule has 0 saturated carbocycles. The summed E-state index contributed by atoms with van der Waals surface area (Å²) in [5.41, 5.74) is 3.25. The van der Waals surface area contributed by atoms with Crippen molar-refractivity contribution in [2.45, 2.75) is 32.4 Å². The van der Waals surface area contributed by atoms with Gasteiger partial charge in [0.15, 0.2) is 0 Å². The lowest BCUT2D eigenvalue weighted by Gasteiger charge is -2.15. The average molecular weight is 449 g/mol. The van der Waals surface area contributed by atoms with Gasteiger partial charge in [-0.05, 0) is 42.5 Å². The van der Waals surface area contributed by atoms with Gasteiger partial charge in [0.25, 0.3) is 11.8 Å². The second-order valence-electron chi connectivity index (χ2n) is 8.40. The lowest BCUT2D eigenvalue weighted by atomic mass is 10.1. The molecular formula is C25H28N4O4. The van der Waals surface area contributed by atoms with Crippen LogP contribution in [0.1, 0.15) is 51.1 Å². The fraction of sp³-hybridized carbons (Fsp3) is 0.360. The Kier molecular flexibility index (Phi) is 7.02. The highest BCUT2D eigenvalue weighted by Gasteiger charge is 2.29. The largest absolute Gasteiger partial charge is 0.355 e. The number of benzene rings is 2. The molecule has 2 aromatic rings. The first-order valence-corrected chi connectivity index (χ1v) is 11.3. The van der Waals surface area contributed by atoms with Crippen LogP contribution in [-0.4, -0.2) is 59.6 Å². The molecule has 0 unspecified atom stereocenters. The molecule has 172 valence electrons. The van der Waals surface area contributed by atoms with Crippen molar-refractivity contribution in [1.82, 2.24) is 20.4 Å². The molecule has 0 saturated heterocycles. The van der Waals surface area contributed by atoms with Crippen LogP contribution in [0.15, 0.2) is 48.5 Å². The standard InChI is InChI=1S/C25H28N4O4/c30-22(16-28-14-18-8-2-4-10-20(18)24(28)32)26-12-6-1-7-13-27-23(31)17-29-15-19-9-3-5-11-21(19)25(29)33/h2-5,8-11H,1,6-7,12-17H2,(H,26,30)(H,27,31). The highest BCUT2D eigenvalue weighted by molar-refractivity contribution is 6.00. The van der Waals surface area contributed by atoms with Crippen LogP contribution < -0.4 is 10.6 Å². The van der Waals surface area contributed by atoms with Crippen molar-refractivity contribution in [3.05, 3.63) is 70.8 Å². The Hall–Kier alpha value is -3.68. The quantitative estimate of drug-likeness (QED) is 0.541. The molecule has 2 aromatic carbocycles. The van der Waals surface area contributed by atoms with Gasteiger partial charge in [-0.25, -0.2) is 0 Å². The van der Waals surface area contributed by atoms with Gasteiger partial charge in [-0.15, -0.1) is 0 Å². The van der Waals surface area contributed by atoms with Crippen LogP contribution in [0.5, 0.6) is 0 Å². The minimum absolute atomic E-state index is 0.0582. The molecule has 8 nitrogen and oxygen atoms in total. The molecular weight excluding hydrogens is 420 g/mol. The molecule has 4 rings (SSSR count). The van der Waals surface area contributed by atoms with E-state index in [-0.39, 0.29) is 36.7 Å². The number of hydrogen-bond donors (Lipinski definition) is 2. The van der Waals surface area contributed by atoms with E-state index in [0.29, 0.717) is 37.3 Å². The lowest BCUT2D eigenvalue weighted by Crippen LogP contribution is -2.38. The van der Waals surface area contributed by atoms with E-state index >= 15 is 0 Å². The fourth-order valence-corrected chi connectivity index (χ4v) is 4.23. The average Bonchev–Trinajstić information content (AvgIpc) is 3.29. The van der Waals surface area contributed by atoms with Crippen molar-refractivity contribution in [2.24, 2.45) is 0 Å². The molecule has 2 aliphatic heterocycles. The van der Waals surface area contributed by atoms with Gasteiger partial charge >= 0.3 is 0 Å². The van der Waals surface area contributed by atoms with E-state index in [1.165, 1.54) is 0 Å². The molecule has 8 heteroatoms. The Morgan fingerprint density at radius 3 is 1.52 bits per heavy atom. The van der Waals surface area contributed by atoms with Gasteiger partial charge in [-0.1, -0.05) is 36.4 Å². The van der Waals surface area contributed by atoms with Gasteiger partial charge in [-0.2, -0.15) is 0 Å². The molecule has 33 heavy (non-hydrogen) atoms. The summed E-state index contributed by atoms with van der Waals surface area (Å²) in [4.78, 5) is 52.0. The topological polar surface area (TPSA) is 98.8 Å². The third-order valence-electron chi connectivity index (χ3n) is 5.96. The summed E-state index contributed by atoms with van der Waals surface area (Å²) in [6.07, 6.45) is 2.42. The van der Waals surface area contributed by atoms with Gasteiger partial charge in [0.05, 0.1) is 0 Å². The smallest absolute Gasteiger partial charge is 0.254 e. The number of nitrogens with one attached hydrogen (secondary N) is 2. The van der Waals surface area contributed by atoms with Crippen LogP contribution in [0, 0.1) is 0 Å². The van der Waals surface area contributed by atoms with E-state index in [1.54, 1.807) is 21.9 Å². The van der Waals surface area contributed by atoms with Gasteiger partial charge in [-0.3, -0.25) is 19.2 Å². The number of amides is 4. The molecule has 0 spiro atoms. The van der Waals surface area contributed by atoms with Crippen molar-refractivity contribution in [1.29, 1.82) is 0 Å². The van der Waals surface area contributed by atoms with Crippen molar-refractivity contribution in [2.75, 3.05) is 26.2 Å². The lowest BCUT2D eigenvalue weighted by molar-refractivity contribution is -0.122. The zero-order chi connectivity index (χ0) is 23.2. The summed E-state index contributed by atoms with van der Waals surface area (Å²) in [7, 11) is 0. The van der Waals surface area contributed by atoms with Crippen molar-refractivity contribution in [3.8, 4) is 0 Å². The Labute approximate surface area is 192 Å². The van der Waals surface area contributed by atoms with Gasteiger partial charge in [0, 0.05) is 37.3 Å². The number of carbonyl (C=O) groups is 4. The minimum atomic E-state index is -0.166. The predicted octanol–water partition coefficient (Wildman–Crippen LogP) is 1.70. The van der Waals surface area contributed by atoms with E-state index < -0.39 is 0 Å². The molecule has 0 radical (unpaired) electrons. The number of carbonyl (C=O) groups excluding carboxylic acids is 4. The molecule has 2 heterocycles. The zero-order valence-corrected chi connectivity index (χ0v) is 18.5. The summed E-state index contributed by atoms with van der Waals surface area (Å²) in [6, 6.07) is 14.8. The van der Waals surface area contributed by atoms with Crippen LogP contribution >= 0.6 is 0 Å². The molecule has 2 aliphatic rings. The van der Waals surface area contributed by atoms with Crippen molar-refractivity contribution >= 4 is 23.6 Å². The van der Waals surface area contributed by atoms with Crippen LogP contribution in [0.4, 0.5) is 0 Å². The molecule has 0 bridgehead atoms. The monoisotopic (exact) mass is 448 g/mol. The number of rotatable bonds is 10. The normalized spacial score (nSPS) is 14.3. The summed E-state index contributed by atoms with van der Waals surface area (Å²) >= 11 is 0. The van der Waals surface area contributed by atoms with E-state index in [1.807, 2.05) is 36.4 Å². The third-order valence-corrected chi connectivity index (χ3v) is 5.96. The van der Waals surface area contributed by atoms with Crippen molar-refractivity contribution in [3.63, 3.8) is 0 Å². The minimum Gasteiger partial charge on any atom is -0.355 e. The first kappa shape index (κ1) is 22.5. The second kappa shape index (κ2) is 10.3. The van der Waals surface area contributed by atoms with Gasteiger partial charge in [0.1, 0.15) is 13.1 Å². The maximum Gasteiger partial charge on any atom is 0.254 e.